The van der Waals surface area contributed by atoms with Crippen molar-refractivity contribution in [3.8, 4) is 0 Å². The summed E-state index contributed by atoms with van der Waals surface area (Å²) in [4.78, 5) is 27.5. The second-order valence-electron chi connectivity index (χ2n) is 6.12. The van der Waals surface area contributed by atoms with Crippen molar-refractivity contribution >= 4 is 17.6 Å². The number of carbonyl (C=O) groups is 2. The number of rotatable bonds is 6. The molecule has 1 aromatic rings. The fraction of sp³-hybridized carbons (Fsp3) is 0.500. The van der Waals surface area contributed by atoms with Gasteiger partial charge in [0.15, 0.2) is 0 Å². The highest BCUT2D eigenvalue weighted by atomic mass is 16.3. The Balaban J connectivity index is 1.97. The van der Waals surface area contributed by atoms with Crippen molar-refractivity contribution < 1.29 is 19.8 Å². The van der Waals surface area contributed by atoms with Crippen LogP contribution >= 0.6 is 0 Å². The monoisotopic (exact) mass is 321 g/mol. The number of nitrogens with one attached hydrogen (secondary N) is 1. The van der Waals surface area contributed by atoms with Gasteiger partial charge in [-0.15, -0.1) is 0 Å². The molecule has 1 heterocycles. The quantitative estimate of drug-likeness (QED) is 0.693. The van der Waals surface area contributed by atoms with Gasteiger partial charge in [0.25, 0.3) is 0 Å². The maximum atomic E-state index is 12.4. The number of anilines is 1. The molecule has 0 atom stereocenters. The highest BCUT2D eigenvalue weighted by Gasteiger charge is 2.32. The lowest BCUT2D eigenvalue weighted by molar-refractivity contribution is -0.124. The summed E-state index contributed by atoms with van der Waals surface area (Å²) in [6.45, 7) is 3.64. The second-order valence-corrected chi connectivity index (χ2v) is 6.12. The van der Waals surface area contributed by atoms with Gasteiger partial charge in [-0.05, 0) is 26.0 Å². The van der Waals surface area contributed by atoms with Gasteiger partial charge < -0.3 is 20.4 Å². The van der Waals surface area contributed by atoms with Gasteiger partial charge in [0.05, 0.1) is 18.8 Å². The van der Waals surface area contributed by atoms with E-state index in [2.05, 4.69) is 5.32 Å². The molecule has 0 saturated carbocycles. The molecule has 0 aromatic heterocycles. The van der Waals surface area contributed by atoms with E-state index in [9.17, 15) is 19.8 Å². The molecule has 0 radical (unpaired) electrons. The molecular weight excluding hydrogens is 298 g/mol. The fourth-order valence-electron chi connectivity index (χ4n) is 2.37. The molecule has 1 aliphatic rings. The summed E-state index contributed by atoms with van der Waals surface area (Å²) in [5.41, 5.74) is 0.833. The Kier molecular flexibility index (Phi) is 5.23. The average Bonchev–Trinajstić information content (AvgIpc) is 2.89. The lowest BCUT2D eigenvalue weighted by Gasteiger charge is -2.27. The van der Waals surface area contributed by atoms with E-state index < -0.39 is 11.4 Å². The third kappa shape index (κ3) is 4.00. The van der Waals surface area contributed by atoms with Crippen molar-refractivity contribution in [2.45, 2.75) is 19.4 Å². The first-order valence-corrected chi connectivity index (χ1v) is 7.54. The number of amides is 3. The van der Waals surface area contributed by atoms with Crippen LogP contribution in [0.25, 0.3) is 0 Å². The summed E-state index contributed by atoms with van der Waals surface area (Å²) in [5, 5.41) is 20.9. The Labute approximate surface area is 135 Å². The van der Waals surface area contributed by atoms with Gasteiger partial charge in [-0.25, -0.2) is 4.79 Å². The van der Waals surface area contributed by atoms with Gasteiger partial charge >= 0.3 is 6.03 Å². The minimum atomic E-state index is -1.09. The van der Waals surface area contributed by atoms with E-state index in [1.54, 1.807) is 4.90 Å². The van der Waals surface area contributed by atoms with Gasteiger partial charge in [0.2, 0.25) is 5.91 Å². The van der Waals surface area contributed by atoms with Crippen LogP contribution in [0.2, 0.25) is 0 Å². The molecule has 7 heteroatoms. The third-order valence-electron chi connectivity index (χ3n) is 3.91. The lowest BCUT2D eigenvalue weighted by atomic mass is 10.1. The van der Waals surface area contributed by atoms with Crippen molar-refractivity contribution in [2.24, 2.45) is 0 Å². The summed E-state index contributed by atoms with van der Waals surface area (Å²) in [5.74, 6) is -0.408. The standard InChI is InChI=1S/C16H23N3O4/c1-12-3-5-13(6-4-12)19-8-7-18(15(19)23)9-14(22)17-16(2,10-20)11-21/h3-6,20-21H,7-11H2,1-2H3,(H,17,22). The van der Waals surface area contributed by atoms with Crippen LogP contribution in [-0.4, -0.2) is 65.4 Å². The summed E-state index contributed by atoms with van der Waals surface area (Å²) in [7, 11) is 0. The molecule has 0 bridgehead atoms. The molecule has 0 unspecified atom stereocenters. The minimum Gasteiger partial charge on any atom is -0.394 e. The first-order valence-electron chi connectivity index (χ1n) is 7.54. The largest absolute Gasteiger partial charge is 0.394 e. The Hall–Kier alpha value is -2.12. The van der Waals surface area contributed by atoms with E-state index in [-0.39, 0.29) is 25.8 Å². The number of benzene rings is 1. The first kappa shape index (κ1) is 17.2. The van der Waals surface area contributed by atoms with Crippen molar-refractivity contribution in [2.75, 3.05) is 37.7 Å². The van der Waals surface area contributed by atoms with E-state index in [0.29, 0.717) is 13.1 Å². The molecular formula is C16H23N3O4. The zero-order valence-corrected chi connectivity index (χ0v) is 13.5. The number of carbonyl (C=O) groups excluding carboxylic acids is 2. The fourth-order valence-corrected chi connectivity index (χ4v) is 2.37. The van der Waals surface area contributed by atoms with Crippen LogP contribution in [0.3, 0.4) is 0 Å². The van der Waals surface area contributed by atoms with Gasteiger partial charge in [-0.3, -0.25) is 9.69 Å². The number of aliphatic hydroxyl groups is 2. The van der Waals surface area contributed by atoms with E-state index >= 15 is 0 Å². The Bertz CT molecular complexity index is 569. The highest BCUT2D eigenvalue weighted by Crippen LogP contribution is 2.20. The van der Waals surface area contributed by atoms with Crippen LogP contribution in [-0.2, 0) is 4.79 Å². The number of urea groups is 1. The Morgan fingerprint density at radius 1 is 1.22 bits per heavy atom. The molecule has 3 amide bonds. The number of nitrogens with zero attached hydrogens (tertiary/aromatic N) is 2. The van der Waals surface area contributed by atoms with Gasteiger partial charge in [-0.1, -0.05) is 17.7 Å². The Morgan fingerprint density at radius 2 is 1.83 bits per heavy atom. The van der Waals surface area contributed by atoms with Gasteiger partial charge in [0, 0.05) is 18.8 Å². The predicted octanol–water partition coefficient (Wildman–Crippen LogP) is 0.0965. The maximum absolute atomic E-state index is 12.4. The Morgan fingerprint density at radius 3 is 2.39 bits per heavy atom. The van der Waals surface area contributed by atoms with Crippen molar-refractivity contribution in [1.29, 1.82) is 0 Å². The summed E-state index contributed by atoms with van der Waals surface area (Å²) in [6.07, 6.45) is 0. The normalized spacial score (nSPS) is 15.2. The topological polar surface area (TPSA) is 93.1 Å². The van der Waals surface area contributed by atoms with Crippen LogP contribution in [0.15, 0.2) is 24.3 Å². The lowest BCUT2D eigenvalue weighted by Crippen LogP contribution is -2.54. The van der Waals surface area contributed by atoms with Crippen LogP contribution < -0.4 is 10.2 Å². The zero-order valence-electron chi connectivity index (χ0n) is 13.5. The maximum Gasteiger partial charge on any atom is 0.325 e. The summed E-state index contributed by atoms with van der Waals surface area (Å²) >= 11 is 0. The SMILES string of the molecule is Cc1ccc(N2CCN(CC(=O)NC(C)(CO)CO)C2=O)cc1. The van der Waals surface area contributed by atoms with Crippen molar-refractivity contribution in [3.05, 3.63) is 29.8 Å². The van der Waals surface area contributed by atoms with Crippen LogP contribution in [0.4, 0.5) is 10.5 Å². The first-order chi connectivity index (χ1) is 10.9. The molecule has 126 valence electrons. The molecule has 1 aliphatic heterocycles. The molecule has 3 N–H and O–H groups in total. The second kappa shape index (κ2) is 6.97. The van der Waals surface area contributed by atoms with Gasteiger partial charge in [-0.2, -0.15) is 0 Å². The highest BCUT2D eigenvalue weighted by molar-refractivity contribution is 5.96. The van der Waals surface area contributed by atoms with Crippen LogP contribution in [0.1, 0.15) is 12.5 Å². The molecule has 1 saturated heterocycles. The van der Waals surface area contributed by atoms with E-state index in [4.69, 9.17) is 0 Å². The van der Waals surface area contributed by atoms with E-state index in [1.807, 2.05) is 31.2 Å². The average molecular weight is 321 g/mol. The summed E-state index contributed by atoms with van der Waals surface area (Å²) in [6, 6.07) is 7.41. The third-order valence-corrected chi connectivity index (χ3v) is 3.91. The van der Waals surface area contributed by atoms with E-state index in [1.165, 1.54) is 11.8 Å². The van der Waals surface area contributed by atoms with Crippen LogP contribution in [0.5, 0.6) is 0 Å². The van der Waals surface area contributed by atoms with Crippen molar-refractivity contribution in [3.63, 3.8) is 0 Å². The smallest absolute Gasteiger partial charge is 0.325 e. The van der Waals surface area contributed by atoms with E-state index in [0.717, 1.165) is 11.3 Å². The number of hydrogen-bond acceptors (Lipinski definition) is 4. The minimum absolute atomic E-state index is 0.100. The molecule has 1 aromatic carbocycles. The zero-order chi connectivity index (χ0) is 17.0. The molecule has 0 aliphatic carbocycles. The van der Waals surface area contributed by atoms with Crippen molar-refractivity contribution in [1.82, 2.24) is 10.2 Å². The molecule has 0 spiro atoms. The molecule has 23 heavy (non-hydrogen) atoms. The number of aryl methyl sites for hydroxylation is 1. The molecule has 1 fully saturated rings. The number of aliphatic hydroxyl groups excluding tert-OH is 2. The number of hydrogen-bond donors (Lipinski definition) is 3. The molecule has 2 rings (SSSR count). The predicted molar refractivity (Wildman–Crippen MR) is 86.2 cm³/mol. The molecule has 7 nitrogen and oxygen atoms in total. The van der Waals surface area contributed by atoms with Crippen LogP contribution in [0, 0.1) is 6.92 Å². The summed E-state index contributed by atoms with van der Waals surface area (Å²) < 4.78 is 0. The van der Waals surface area contributed by atoms with Gasteiger partial charge in [0.1, 0.15) is 6.54 Å².